The molecule has 0 aliphatic heterocycles. The lowest BCUT2D eigenvalue weighted by Gasteiger charge is -2.35. The van der Waals surface area contributed by atoms with Crippen LogP contribution in [0, 0.1) is 12.3 Å². The van der Waals surface area contributed by atoms with Crippen LogP contribution in [-0.4, -0.2) is 29.0 Å². The Labute approximate surface area is 117 Å². The van der Waals surface area contributed by atoms with Gasteiger partial charge < -0.3 is 5.73 Å². The van der Waals surface area contributed by atoms with Crippen LogP contribution in [0.4, 0.5) is 0 Å². The van der Waals surface area contributed by atoms with Crippen molar-refractivity contribution in [1.29, 1.82) is 0 Å². The quantitative estimate of drug-likeness (QED) is 0.886. The molecule has 19 heavy (non-hydrogen) atoms. The van der Waals surface area contributed by atoms with E-state index in [1.165, 1.54) is 19.3 Å². The molecule has 1 aromatic heterocycles. The lowest BCUT2D eigenvalue weighted by molar-refractivity contribution is 0.151. The third-order valence-electron chi connectivity index (χ3n) is 4.52. The highest BCUT2D eigenvalue weighted by molar-refractivity contribution is 5.10. The Morgan fingerprint density at radius 2 is 2.26 bits per heavy atom. The van der Waals surface area contributed by atoms with Crippen LogP contribution in [0.3, 0.4) is 0 Å². The molecule has 1 aromatic rings. The second kappa shape index (κ2) is 6.02. The van der Waals surface area contributed by atoms with Crippen molar-refractivity contribution in [2.45, 2.75) is 52.6 Å². The predicted octanol–water partition coefficient (Wildman–Crippen LogP) is 2.73. The van der Waals surface area contributed by atoms with Crippen LogP contribution in [0.15, 0.2) is 18.2 Å². The first kappa shape index (κ1) is 14.5. The van der Waals surface area contributed by atoms with Crippen molar-refractivity contribution < 1.29 is 0 Å². The largest absolute Gasteiger partial charge is 0.327 e. The zero-order chi connectivity index (χ0) is 13.9. The molecule has 3 heteroatoms. The van der Waals surface area contributed by atoms with Gasteiger partial charge in [-0.1, -0.05) is 26.3 Å². The van der Waals surface area contributed by atoms with Crippen LogP contribution in [0.2, 0.25) is 0 Å². The van der Waals surface area contributed by atoms with Gasteiger partial charge in [0.1, 0.15) is 0 Å². The van der Waals surface area contributed by atoms with Crippen LogP contribution in [-0.2, 0) is 6.54 Å². The molecule has 2 unspecified atom stereocenters. The van der Waals surface area contributed by atoms with E-state index >= 15 is 0 Å². The summed E-state index contributed by atoms with van der Waals surface area (Å²) in [6, 6.07) is 6.61. The van der Waals surface area contributed by atoms with E-state index in [4.69, 9.17) is 5.73 Å². The Bertz CT molecular complexity index is 418. The monoisotopic (exact) mass is 261 g/mol. The highest BCUT2D eigenvalue weighted by atomic mass is 15.1. The summed E-state index contributed by atoms with van der Waals surface area (Å²) in [7, 11) is 0. The number of nitrogens with zero attached hydrogens (tertiary/aromatic N) is 2. The van der Waals surface area contributed by atoms with E-state index < -0.39 is 0 Å². The zero-order valence-electron chi connectivity index (χ0n) is 12.5. The van der Waals surface area contributed by atoms with Crippen molar-refractivity contribution in [1.82, 2.24) is 9.88 Å². The molecule has 0 radical (unpaired) electrons. The molecule has 1 aliphatic carbocycles. The van der Waals surface area contributed by atoms with Gasteiger partial charge in [0, 0.05) is 24.8 Å². The number of hydrogen-bond acceptors (Lipinski definition) is 3. The summed E-state index contributed by atoms with van der Waals surface area (Å²) < 4.78 is 0. The molecule has 1 aliphatic rings. The average Bonchev–Trinajstić information content (AvgIpc) is 2.69. The first-order valence-electron chi connectivity index (χ1n) is 7.44. The summed E-state index contributed by atoms with van der Waals surface area (Å²) in [6.07, 6.45) is 3.71. The summed E-state index contributed by atoms with van der Waals surface area (Å²) >= 11 is 0. The average molecular weight is 261 g/mol. The van der Waals surface area contributed by atoms with E-state index in [0.29, 0.717) is 6.04 Å². The minimum absolute atomic E-state index is 0.278. The minimum atomic E-state index is 0.278. The zero-order valence-corrected chi connectivity index (χ0v) is 12.5. The fourth-order valence-electron chi connectivity index (χ4n) is 3.16. The topological polar surface area (TPSA) is 42.2 Å². The van der Waals surface area contributed by atoms with Gasteiger partial charge in [0.05, 0.1) is 5.69 Å². The van der Waals surface area contributed by atoms with Gasteiger partial charge in [0.2, 0.25) is 0 Å². The Kier molecular flexibility index (Phi) is 4.58. The molecule has 2 atom stereocenters. The third-order valence-corrected chi connectivity index (χ3v) is 4.52. The van der Waals surface area contributed by atoms with Crippen LogP contribution in [0.5, 0.6) is 0 Å². The molecule has 1 fully saturated rings. The number of aryl methyl sites for hydroxylation is 1. The Morgan fingerprint density at radius 3 is 2.84 bits per heavy atom. The molecular weight excluding hydrogens is 234 g/mol. The highest BCUT2D eigenvalue weighted by Gasteiger charge is 2.37. The maximum Gasteiger partial charge on any atom is 0.0547 e. The van der Waals surface area contributed by atoms with Crippen molar-refractivity contribution >= 4 is 0 Å². The van der Waals surface area contributed by atoms with Gasteiger partial charge in [-0.15, -0.1) is 0 Å². The summed E-state index contributed by atoms with van der Waals surface area (Å²) in [5.74, 6) is 0. The Morgan fingerprint density at radius 1 is 1.47 bits per heavy atom. The molecule has 0 aromatic carbocycles. The fraction of sp³-hybridized carbons (Fsp3) is 0.688. The van der Waals surface area contributed by atoms with Crippen molar-refractivity contribution in [3.63, 3.8) is 0 Å². The second-order valence-electron chi connectivity index (χ2n) is 6.23. The molecule has 106 valence electrons. The summed E-state index contributed by atoms with van der Waals surface area (Å²) in [6.45, 7) is 9.68. The molecule has 2 rings (SSSR count). The molecule has 1 heterocycles. The molecule has 0 spiro atoms. The molecule has 0 saturated heterocycles. The first-order valence-corrected chi connectivity index (χ1v) is 7.44. The van der Waals surface area contributed by atoms with Crippen LogP contribution < -0.4 is 5.73 Å². The fourth-order valence-corrected chi connectivity index (χ4v) is 3.16. The smallest absolute Gasteiger partial charge is 0.0547 e. The number of hydrogen-bond donors (Lipinski definition) is 1. The van der Waals surface area contributed by atoms with E-state index in [2.05, 4.69) is 35.9 Å². The molecule has 2 N–H and O–H groups in total. The highest BCUT2D eigenvalue weighted by Crippen LogP contribution is 2.37. The van der Waals surface area contributed by atoms with E-state index in [0.717, 1.165) is 31.0 Å². The van der Waals surface area contributed by atoms with Gasteiger partial charge in [-0.2, -0.15) is 0 Å². The minimum Gasteiger partial charge on any atom is -0.327 e. The van der Waals surface area contributed by atoms with Crippen molar-refractivity contribution in [3.05, 3.63) is 29.6 Å². The van der Waals surface area contributed by atoms with Crippen molar-refractivity contribution in [3.8, 4) is 0 Å². The summed E-state index contributed by atoms with van der Waals surface area (Å²) in [5.41, 5.74) is 8.83. The van der Waals surface area contributed by atoms with Crippen molar-refractivity contribution in [2.24, 2.45) is 11.1 Å². The van der Waals surface area contributed by atoms with E-state index in [9.17, 15) is 0 Å². The van der Waals surface area contributed by atoms with Gasteiger partial charge in [-0.05, 0) is 43.9 Å². The maximum atomic E-state index is 6.29. The molecule has 0 bridgehead atoms. The first-order chi connectivity index (χ1) is 9.03. The lowest BCUT2D eigenvalue weighted by atomic mass is 9.84. The van der Waals surface area contributed by atoms with Gasteiger partial charge >= 0.3 is 0 Å². The summed E-state index contributed by atoms with van der Waals surface area (Å²) in [4.78, 5) is 7.08. The lowest BCUT2D eigenvalue weighted by Crippen LogP contribution is -2.44. The van der Waals surface area contributed by atoms with Gasteiger partial charge in [0.15, 0.2) is 0 Å². The SMILES string of the molecule is CCN(Cc1cccc(C)n1)CC1(C)CCCC1N. The van der Waals surface area contributed by atoms with E-state index in [1.807, 2.05) is 13.0 Å². The maximum absolute atomic E-state index is 6.29. The molecule has 3 nitrogen and oxygen atoms in total. The number of aromatic nitrogens is 1. The van der Waals surface area contributed by atoms with Crippen molar-refractivity contribution in [2.75, 3.05) is 13.1 Å². The van der Waals surface area contributed by atoms with Crippen LogP contribution in [0.1, 0.15) is 44.5 Å². The Hall–Kier alpha value is -0.930. The third kappa shape index (κ3) is 3.54. The normalized spacial score (nSPS) is 27.1. The number of nitrogens with two attached hydrogens (primary N) is 1. The molecule has 0 amide bonds. The predicted molar refractivity (Wildman–Crippen MR) is 79.9 cm³/mol. The summed E-state index contributed by atoms with van der Waals surface area (Å²) in [5, 5.41) is 0. The Balaban J connectivity index is 2.01. The van der Waals surface area contributed by atoms with Gasteiger partial charge in [-0.3, -0.25) is 9.88 Å². The van der Waals surface area contributed by atoms with E-state index in [1.54, 1.807) is 0 Å². The van der Waals surface area contributed by atoms with E-state index in [-0.39, 0.29) is 5.41 Å². The van der Waals surface area contributed by atoms with Crippen LogP contribution >= 0.6 is 0 Å². The van der Waals surface area contributed by atoms with Crippen LogP contribution in [0.25, 0.3) is 0 Å². The molecular formula is C16H27N3. The number of pyridine rings is 1. The molecule has 1 saturated carbocycles. The standard InChI is InChI=1S/C16H27N3/c1-4-19(11-14-8-5-7-13(2)18-14)12-16(3)10-6-9-15(16)17/h5,7-8,15H,4,6,9-12,17H2,1-3H3. The van der Waals surface area contributed by atoms with Gasteiger partial charge in [0.25, 0.3) is 0 Å². The second-order valence-corrected chi connectivity index (χ2v) is 6.23. The number of rotatable bonds is 5. The van der Waals surface area contributed by atoms with Gasteiger partial charge in [-0.25, -0.2) is 0 Å².